The number of carbonyl (C=O) groups is 4. The van der Waals surface area contributed by atoms with E-state index in [0.29, 0.717) is 26.1 Å². The molecule has 196 valence electrons. The minimum Gasteiger partial charge on any atom is -0.483 e. The third-order valence-corrected chi connectivity index (χ3v) is 8.64. The molecule has 0 spiro atoms. The second-order valence-corrected chi connectivity index (χ2v) is 11.0. The van der Waals surface area contributed by atoms with Crippen molar-refractivity contribution < 1.29 is 33.4 Å². The summed E-state index contributed by atoms with van der Waals surface area (Å²) >= 11 is 8.15. The van der Waals surface area contributed by atoms with Crippen molar-refractivity contribution in [1.29, 1.82) is 0 Å². The number of rotatable bonds is 7. The van der Waals surface area contributed by atoms with Gasteiger partial charge in [-0.2, -0.15) is 0 Å². The molecular formula is C24H17ClFN3O7S2. The molecule has 3 aromatic rings. The van der Waals surface area contributed by atoms with Crippen molar-refractivity contribution in [2.45, 2.75) is 16.2 Å². The maximum absolute atomic E-state index is 13.4. The number of thioether (sulfide) groups is 1. The maximum Gasteiger partial charge on any atom is 0.323 e. The second-order valence-electron chi connectivity index (χ2n) is 8.43. The van der Waals surface area contributed by atoms with Crippen LogP contribution in [0.4, 0.5) is 10.1 Å². The highest BCUT2D eigenvalue weighted by atomic mass is 35.5. The van der Waals surface area contributed by atoms with Crippen molar-refractivity contribution >= 4 is 64.1 Å². The van der Waals surface area contributed by atoms with Gasteiger partial charge in [0.15, 0.2) is 6.61 Å². The molecule has 1 aromatic heterocycles. The Morgan fingerprint density at radius 2 is 1.87 bits per heavy atom. The molecule has 0 saturated carbocycles. The summed E-state index contributed by atoms with van der Waals surface area (Å²) in [6, 6.07) is 9.72. The Labute approximate surface area is 226 Å². The van der Waals surface area contributed by atoms with Gasteiger partial charge in [-0.25, -0.2) is 4.39 Å². The molecule has 2 aromatic carbocycles. The topological polar surface area (TPSA) is 146 Å². The largest absolute Gasteiger partial charge is 0.483 e. The smallest absolute Gasteiger partial charge is 0.323 e. The van der Waals surface area contributed by atoms with Crippen LogP contribution in [0.5, 0.6) is 5.75 Å². The van der Waals surface area contributed by atoms with Gasteiger partial charge in [0.1, 0.15) is 23.4 Å². The number of aromatic nitrogens is 1. The number of anilines is 1. The molecule has 2 aliphatic heterocycles. The fourth-order valence-corrected chi connectivity index (χ4v) is 7.18. The zero-order chi connectivity index (χ0) is 27.1. The van der Waals surface area contributed by atoms with Gasteiger partial charge in [-0.3, -0.25) is 28.9 Å². The van der Waals surface area contributed by atoms with Crippen LogP contribution in [0.3, 0.4) is 0 Å². The monoisotopic (exact) mass is 577 g/mol. The quantitative estimate of drug-likeness (QED) is 0.363. The summed E-state index contributed by atoms with van der Waals surface area (Å²) in [5.41, 5.74) is 0.719. The lowest BCUT2D eigenvalue weighted by molar-refractivity contribution is -0.149. The minimum absolute atomic E-state index is 0.183. The lowest BCUT2D eigenvalue weighted by Gasteiger charge is -2.31. The number of thiazole rings is 1. The van der Waals surface area contributed by atoms with Crippen LogP contribution < -0.4 is 14.9 Å². The number of halogens is 2. The molecule has 2 aliphatic rings. The number of carbonyl (C=O) groups excluding carboxylic acids is 3. The first-order valence-corrected chi connectivity index (χ1v) is 13.1. The Morgan fingerprint density at radius 1 is 1.13 bits per heavy atom. The average Bonchev–Trinajstić information content (AvgIpc) is 3.35. The molecule has 3 N–H and O–H groups in total. The Bertz CT molecular complexity index is 1520. The van der Waals surface area contributed by atoms with Crippen LogP contribution in [0.1, 0.15) is 16.4 Å². The molecule has 2 unspecified atom stereocenters. The summed E-state index contributed by atoms with van der Waals surface area (Å²) in [7, 11) is 0. The summed E-state index contributed by atoms with van der Waals surface area (Å²) in [5, 5.41) is 11.5. The number of imide groups is 1. The Morgan fingerprint density at radius 3 is 2.58 bits per heavy atom. The second kappa shape index (κ2) is 10.2. The van der Waals surface area contributed by atoms with Crippen molar-refractivity contribution in [3.05, 3.63) is 73.4 Å². The van der Waals surface area contributed by atoms with Crippen LogP contribution in [0.2, 0.25) is 5.02 Å². The number of nitrogens with zero attached hydrogens (tertiary/aromatic N) is 1. The lowest BCUT2D eigenvalue weighted by Crippen LogP contribution is -2.36. The summed E-state index contributed by atoms with van der Waals surface area (Å²) < 4.78 is 18.9. The molecule has 38 heavy (non-hydrogen) atoms. The van der Waals surface area contributed by atoms with E-state index in [1.54, 1.807) is 0 Å². The molecule has 14 heteroatoms. The Kier molecular flexibility index (Phi) is 6.99. The maximum atomic E-state index is 13.4. The number of hydrogen-bond acceptors (Lipinski definition) is 8. The van der Waals surface area contributed by atoms with Gasteiger partial charge in [0.05, 0.1) is 10.9 Å². The summed E-state index contributed by atoms with van der Waals surface area (Å²) in [6.45, 7) is -1.24. The van der Waals surface area contributed by atoms with E-state index in [-0.39, 0.29) is 10.8 Å². The van der Waals surface area contributed by atoms with Gasteiger partial charge in [0.2, 0.25) is 11.8 Å². The average molecular weight is 578 g/mol. The molecular weight excluding hydrogens is 561 g/mol. The van der Waals surface area contributed by atoms with Gasteiger partial charge in [-0.05, 0) is 42.5 Å². The van der Waals surface area contributed by atoms with E-state index in [4.69, 9.17) is 16.3 Å². The zero-order valence-electron chi connectivity index (χ0n) is 19.1. The predicted molar refractivity (Wildman–Crippen MR) is 136 cm³/mol. The number of carboxylic acids is 1. The van der Waals surface area contributed by atoms with Gasteiger partial charge >= 0.3 is 10.8 Å². The van der Waals surface area contributed by atoms with Crippen LogP contribution >= 0.6 is 34.7 Å². The van der Waals surface area contributed by atoms with Crippen molar-refractivity contribution in [3.63, 3.8) is 0 Å². The fourth-order valence-electron chi connectivity index (χ4n) is 4.47. The van der Waals surface area contributed by atoms with Gasteiger partial charge in [-0.1, -0.05) is 34.7 Å². The number of aliphatic carboxylic acids is 1. The number of fused-ring (bicyclic) bond motifs is 2. The number of likely N-dealkylation sites (tertiary alicyclic amines) is 1. The van der Waals surface area contributed by atoms with E-state index in [1.807, 2.05) is 0 Å². The Balaban J connectivity index is 1.49. The van der Waals surface area contributed by atoms with Crippen molar-refractivity contribution in [2.75, 3.05) is 18.5 Å². The molecule has 0 aliphatic carbocycles. The van der Waals surface area contributed by atoms with Crippen LogP contribution in [0.25, 0.3) is 0 Å². The highest BCUT2D eigenvalue weighted by Gasteiger charge is 2.56. The van der Waals surface area contributed by atoms with E-state index < -0.39 is 64.6 Å². The third kappa shape index (κ3) is 4.91. The molecule has 10 nitrogen and oxygen atoms in total. The number of aromatic amines is 1. The minimum atomic E-state index is -1.34. The van der Waals surface area contributed by atoms with E-state index >= 15 is 0 Å². The summed E-state index contributed by atoms with van der Waals surface area (Å²) in [5.74, 6) is -5.41. The van der Waals surface area contributed by atoms with Gasteiger partial charge in [-0.15, -0.1) is 0 Å². The van der Waals surface area contributed by atoms with Crippen molar-refractivity contribution in [3.8, 4) is 5.75 Å². The molecule has 3 atom stereocenters. The van der Waals surface area contributed by atoms with E-state index in [9.17, 15) is 33.5 Å². The number of benzene rings is 2. The van der Waals surface area contributed by atoms with E-state index in [1.165, 1.54) is 42.5 Å². The molecule has 3 amide bonds. The molecule has 1 fully saturated rings. The number of ether oxygens (including phenoxy) is 1. The normalized spacial score (nSPS) is 20.2. The number of amides is 3. The van der Waals surface area contributed by atoms with Gasteiger partial charge in [0.25, 0.3) is 5.91 Å². The first-order valence-electron chi connectivity index (χ1n) is 11.1. The first-order chi connectivity index (χ1) is 18.1. The molecule has 1 saturated heterocycles. The zero-order valence-corrected chi connectivity index (χ0v) is 21.5. The standard InChI is InChI=1S/C24H17ClFN3O7S2/c25-10-1-6-14(36-9-15(30)27-12-4-2-11(26)3-5-12)13(7-10)17-18-20(37-21-19(17)38-24(35)28-21)23(34)29(22(18)33)8-16(31)32/h1-7,17-18,20H,8-9H2,(H,27,30)(H,28,35)(H,31,32)/t17-,18?,20?/m0/s1. The molecule has 0 bridgehead atoms. The van der Waals surface area contributed by atoms with Crippen LogP contribution in [0.15, 0.2) is 52.3 Å². The highest BCUT2D eigenvalue weighted by Crippen LogP contribution is 2.54. The lowest BCUT2D eigenvalue weighted by atomic mass is 9.82. The van der Waals surface area contributed by atoms with Crippen LogP contribution in [-0.4, -0.2) is 57.1 Å². The van der Waals surface area contributed by atoms with Crippen molar-refractivity contribution in [1.82, 2.24) is 9.88 Å². The van der Waals surface area contributed by atoms with E-state index in [0.717, 1.165) is 23.1 Å². The third-order valence-electron chi connectivity index (χ3n) is 6.00. The Hall–Kier alpha value is -3.68. The summed E-state index contributed by atoms with van der Waals surface area (Å²) in [4.78, 5) is 65.9. The molecule has 3 heterocycles. The molecule has 0 radical (unpaired) electrons. The molecule has 5 rings (SSSR count). The van der Waals surface area contributed by atoms with Crippen molar-refractivity contribution in [2.24, 2.45) is 5.92 Å². The van der Waals surface area contributed by atoms with Gasteiger partial charge in [0, 0.05) is 27.1 Å². The number of hydrogen-bond donors (Lipinski definition) is 3. The highest BCUT2D eigenvalue weighted by molar-refractivity contribution is 8.00. The van der Waals surface area contributed by atoms with Crippen LogP contribution in [-0.2, 0) is 19.2 Å². The number of carboxylic acid groups (broad SMARTS) is 1. The fraction of sp³-hybridized carbons (Fsp3) is 0.208. The van der Waals surface area contributed by atoms with Gasteiger partial charge < -0.3 is 20.1 Å². The number of nitrogens with one attached hydrogen (secondary N) is 2. The summed E-state index contributed by atoms with van der Waals surface area (Å²) in [6.07, 6.45) is 0. The number of H-pyrrole nitrogens is 1. The van der Waals surface area contributed by atoms with E-state index in [2.05, 4.69) is 10.3 Å². The SMILES string of the molecule is O=C(O)CN1C(=O)C2Sc3[nH]c(=O)sc3[C@@H](c3cc(Cl)ccc3OCC(=O)Nc3ccc(F)cc3)C2C1=O. The van der Waals surface area contributed by atoms with Crippen LogP contribution in [0, 0.1) is 11.7 Å². The predicted octanol–water partition coefficient (Wildman–Crippen LogP) is 2.92. The first kappa shape index (κ1) is 25.9.